The van der Waals surface area contributed by atoms with Gasteiger partial charge in [0.05, 0.1) is 9.00 Å². The van der Waals surface area contributed by atoms with Gasteiger partial charge in [0.2, 0.25) is 0 Å². The molecule has 0 radical (unpaired) electrons. The molecular formula is C27H30O6S2Si2. The molecule has 0 atom stereocenters. The van der Waals surface area contributed by atoms with E-state index in [9.17, 15) is 0 Å². The van der Waals surface area contributed by atoms with Crippen molar-refractivity contribution in [2.24, 2.45) is 0 Å². The van der Waals surface area contributed by atoms with Crippen LogP contribution in [0, 0.1) is 0 Å². The van der Waals surface area contributed by atoms with Gasteiger partial charge in [-0.05, 0) is 76.2 Å². The van der Waals surface area contributed by atoms with Crippen molar-refractivity contribution in [3.05, 3.63) is 71.8 Å². The Morgan fingerprint density at radius 1 is 0.514 bits per heavy atom. The van der Waals surface area contributed by atoms with Crippen molar-refractivity contribution in [3.8, 4) is 32.0 Å². The normalized spacial score (nSPS) is 13.1. The van der Waals surface area contributed by atoms with Crippen molar-refractivity contribution in [3.63, 3.8) is 0 Å². The maximum atomic E-state index is 5.66. The van der Waals surface area contributed by atoms with Crippen LogP contribution in [-0.4, -0.2) is 60.3 Å². The van der Waals surface area contributed by atoms with Crippen LogP contribution in [-0.2, 0) is 33.0 Å². The summed E-state index contributed by atoms with van der Waals surface area (Å²) in [6.07, 6.45) is 0.905. The van der Waals surface area contributed by atoms with E-state index in [4.69, 9.17) is 26.6 Å². The minimum Gasteiger partial charge on any atom is -0.373 e. The average molecular weight is 571 g/mol. The minimum absolute atomic E-state index is 0.905. The van der Waals surface area contributed by atoms with Gasteiger partial charge < -0.3 is 26.6 Å². The van der Waals surface area contributed by atoms with E-state index >= 15 is 0 Å². The number of benzene rings is 2. The second kappa shape index (κ2) is 10.7. The van der Waals surface area contributed by atoms with Gasteiger partial charge in [0, 0.05) is 52.4 Å². The number of rotatable bonds is 10. The fourth-order valence-corrected chi connectivity index (χ4v) is 12.4. The summed E-state index contributed by atoms with van der Waals surface area (Å²) in [6.45, 7) is 0. The molecule has 1 aliphatic rings. The SMILES string of the molecule is CO[Si](OC)(OC)c1ccc(-c2ccc3c(c2)Cc2cc(-c4ccc([Si](OC)(OC)OC)s4)ccc2-3)s1. The van der Waals surface area contributed by atoms with E-state index in [0.29, 0.717) is 0 Å². The zero-order valence-corrected chi connectivity index (χ0v) is 25.4. The third-order valence-corrected chi connectivity index (χ3v) is 15.7. The quantitative estimate of drug-likeness (QED) is 0.223. The molecule has 10 heteroatoms. The maximum Gasteiger partial charge on any atom is 0.546 e. The molecule has 1 aliphatic carbocycles. The molecule has 2 heterocycles. The molecule has 2 aromatic carbocycles. The molecule has 0 saturated heterocycles. The lowest BCUT2D eigenvalue weighted by Gasteiger charge is -2.22. The van der Waals surface area contributed by atoms with Crippen LogP contribution in [0.5, 0.6) is 0 Å². The van der Waals surface area contributed by atoms with Crippen molar-refractivity contribution < 1.29 is 26.6 Å². The van der Waals surface area contributed by atoms with Crippen LogP contribution in [0.4, 0.5) is 0 Å². The average Bonchev–Trinajstić information content (AvgIpc) is 3.70. The number of thiophene rings is 2. The predicted molar refractivity (Wildman–Crippen MR) is 154 cm³/mol. The van der Waals surface area contributed by atoms with Gasteiger partial charge in [-0.3, -0.25) is 0 Å². The topological polar surface area (TPSA) is 55.4 Å². The molecule has 5 rings (SSSR count). The summed E-state index contributed by atoms with van der Waals surface area (Å²) < 4.78 is 36.0. The van der Waals surface area contributed by atoms with Crippen LogP contribution in [0.2, 0.25) is 0 Å². The fourth-order valence-electron chi connectivity index (χ4n) is 4.94. The fraction of sp³-hybridized carbons (Fsp3) is 0.259. The molecule has 4 aromatic rings. The van der Waals surface area contributed by atoms with E-state index in [1.807, 2.05) is 0 Å². The van der Waals surface area contributed by atoms with E-state index in [2.05, 4.69) is 60.7 Å². The first-order valence-corrected chi connectivity index (χ1v) is 16.8. The van der Waals surface area contributed by atoms with Gasteiger partial charge in [0.1, 0.15) is 0 Å². The maximum absolute atomic E-state index is 5.66. The largest absolute Gasteiger partial charge is 0.546 e. The standard InChI is InChI=1S/C27H30O6S2Si2/c1-28-36(29-2,30-3)26-13-11-24(34-26)18-7-9-22-20(15-18)17-21-16-19(8-10-23(21)22)25-12-14-27(35-25)37(31-4,32-5)33-6/h7-16H,17H2,1-6H3. The molecule has 0 saturated carbocycles. The molecule has 6 nitrogen and oxygen atoms in total. The molecule has 2 aromatic heterocycles. The molecule has 0 fully saturated rings. The second-order valence-corrected chi connectivity index (χ2v) is 17.2. The number of hydrogen-bond donors (Lipinski definition) is 0. The van der Waals surface area contributed by atoms with E-state index in [1.165, 1.54) is 43.1 Å². The Labute approximate surface area is 228 Å². The third-order valence-electron chi connectivity index (χ3n) is 6.88. The van der Waals surface area contributed by atoms with E-state index in [1.54, 1.807) is 65.3 Å². The van der Waals surface area contributed by atoms with Crippen LogP contribution in [0.3, 0.4) is 0 Å². The van der Waals surface area contributed by atoms with Gasteiger partial charge in [0.25, 0.3) is 0 Å². The number of fused-ring (bicyclic) bond motifs is 3. The summed E-state index contributed by atoms with van der Waals surface area (Å²) in [5.41, 5.74) is 7.66. The smallest absolute Gasteiger partial charge is 0.373 e. The van der Waals surface area contributed by atoms with Crippen molar-refractivity contribution in [1.82, 2.24) is 0 Å². The van der Waals surface area contributed by atoms with Gasteiger partial charge in [-0.1, -0.05) is 24.3 Å². The van der Waals surface area contributed by atoms with Gasteiger partial charge in [-0.15, -0.1) is 22.7 Å². The Morgan fingerprint density at radius 2 is 0.892 bits per heavy atom. The van der Waals surface area contributed by atoms with Crippen LogP contribution < -0.4 is 9.00 Å². The highest BCUT2D eigenvalue weighted by atomic mass is 32.1. The second-order valence-electron chi connectivity index (χ2n) is 8.59. The van der Waals surface area contributed by atoms with Crippen molar-refractivity contribution >= 4 is 49.3 Å². The molecule has 194 valence electrons. The van der Waals surface area contributed by atoms with Crippen LogP contribution >= 0.6 is 22.7 Å². The van der Waals surface area contributed by atoms with Crippen LogP contribution in [0.1, 0.15) is 11.1 Å². The highest BCUT2D eigenvalue weighted by Crippen LogP contribution is 2.41. The Balaban J connectivity index is 1.42. The summed E-state index contributed by atoms with van der Waals surface area (Å²) in [6, 6.07) is 21.8. The summed E-state index contributed by atoms with van der Waals surface area (Å²) in [7, 11) is 4.17. The Kier molecular flexibility index (Phi) is 7.67. The number of hydrogen-bond acceptors (Lipinski definition) is 8. The van der Waals surface area contributed by atoms with Gasteiger partial charge in [0.15, 0.2) is 0 Å². The van der Waals surface area contributed by atoms with Gasteiger partial charge in [-0.2, -0.15) is 0 Å². The third kappa shape index (κ3) is 4.51. The molecule has 0 spiro atoms. The highest BCUT2D eigenvalue weighted by molar-refractivity contribution is 7.27. The Bertz CT molecular complexity index is 1290. The zero-order chi connectivity index (χ0) is 26.2. The van der Waals surface area contributed by atoms with Gasteiger partial charge >= 0.3 is 17.6 Å². The molecular weight excluding hydrogens is 541 g/mol. The first-order valence-electron chi connectivity index (χ1n) is 11.7. The lowest BCUT2D eigenvalue weighted by molar-refractivity contribution is 0.140. The lowest BCUT2D eigenvalue weighted by Crippen LogP contribution is -2.53. The van der Waals surface area contributed by atoms with Crippen molar-refractivity contribution in [2.45, 2.75) is 6.42 Å². The van der Waals surface area contributed by atoms with Crippen LogP contribution in [0.15, 0.2) is 60.7 Å². The monoisotopic (exact) mass is 570 g/mol. The first kappa shape index (κ1) is 26.6. The van der Waals surface area contributed by atoms with Gasteiger partial charge in [-0.25, -0.2) is 0 Å². The zero-order valence-electron chi connectivity index (χ0n) is 21.7. The molecule has 0 N–H and O–H groups in total. The summed E-state index contributed by atoms with van der Waals surface area (Å²) in [5, 5.41) is 0. The summed E-state index contributed by atoms with van der Waals surface area (Å²) >= 11 is 3.33. The molecule has 0 bridgehead atoms. The lowest BCUT2D eigenvalue weighted by atomic mass is 10.0. The van der Waals surface area contributed by atoms with Crippen molar-refractivity contribution in [2.75, 3.05) is 42.7 Å². The minimum atomic E-state index is -2.84. The Morgan fingerprint density at radius 3 is 1.24 bits per heavy atom. The van der Waals surface area contributed by atoms with E-state index in [0.717, 1.165) is 15.4 Å². The molecule has 0 aliphatic heterocycles. The summed E-state index contributed by atoms with van der Waals surface area (Å²) in [5.74, 6) is 0. The highest BCUT2D eigenvalue weighted by Gasteiger charge is 2.43. The van der Waals surface area contributed by atoms with Crippen LogP contribution in [0.25, 0.3) is 32.0 Å². The predicted octanol–water partition coefficient (Wildman–Crippen LogP) is 4.89. The van der Waals surface area contributed by atoms with E-state index < -0.39 is 17.6 Å². The molecule has 0 unspecified atom stereocenters. The summed E-state index contributed by atoms with van der Waals surface area (Å²) in [4.78, 5) is 2.34. The van der Waals surface area contributed by atoms with E-state index in [-0.39, 0.29) is 0 Å². The molecule has 0 amide bonds. The first-order chi connectivity index (χ1) is 18.0. The van der Waals surface area contributed by atoms with Crippen molar-refractivity contribution in [1.29, 1.82) is 0 Å². The Hall–Kier alpha value is -1.97. The molecule has 37 heavy (non-hydrogen) atoms.